The number of rotatable bonds is 6. The van der Waals surface area contributed by atoms with Crippen molar-refractivity contribution in [1.29, 1.82) is 0 Å². The fourth-order valence-corrected chi connectivity index (χ4v) is 1.58. The smallest absolute Gasteiger partial charge is 0.223 e. The number of hydrogen-bond acceptors (Lipinski definition) is 3. The molecule has 4 nitrogen and oxygen atoms in total. The van der Waals surface area contributed by atoms with Crippen LogP contribution in [0.1, 0.15) is 18.9 Å². The first-order valence-corrected chi connectivity index (χ1v) is 5.89. The number of nitrogens with two attached hydrogens (primary N) is 1. The van der Waals surface area contributed by atoms with E-state index in [1.165, 1.54) is 12.1 Å². The molecule has 3 N–H and O–H groups in total. The van der Waals surface area contributed by atoms with Gasteiger partial charge >= 0.3 is 0 Å². The molecule has 0 fully saturated rings. The van der Waals surface area contributed by atoms with Crippen molar-refractivity contribution in [1.82, 2.24) is 5.32 Å². The van der Waals surface area contributed by atoms with Crippen LogP contribution in [0.15, 0.2) is 18.2 Å². The third kappa shape index (κ3) is 5.14. The first-order valence-electron chi connectivity index (χ1n) is 5.89. The van der Waals surface area contributed by atoms with Crippen molar-refractivity contribution in [3.63, 3.8) is 0 Å². The molecule has 0 heterocycles. The molecule has 1 rings (SSSR count). The highest BCUT2D eigenvalue weighted by Gasteiger charge is 2.05. The highest BCUT2D eigenvalue weighted by Crippen LogP contribution is 2.17. The number of amides is 1. The number of carbonyl (C=O) groups is 1. The van der Waals surface area contributed by atoms with Crippen LogP contribution in [0.25, 0.3) is 0 Å². The van der Waals surface area contributed by atoms with Gasteiger partial charge in [0.1, 0.15) is 11.6 Å². The van der Waals surface area contributed by atoms with Crippen molar-refractivity contribution in [3.05, 3.63) is 29.6 Å². The molecule has 18 heavy (non-hydrogen) atoms. The second-order valence-electron chi connectivity index (χ2n) is 4.25. The zero-order chi connectivity index (χ0) is 13.5. The summed E-state index contributed by atoms with van der Waals surface area (Å²) in [5.41, 5.74) is 6.46. The van der Waals surface area contributed by atoms with Crippen molar-refractivity contribution < 1.29 is 13.9 Å². The molecular weight excluding hydrogens is 235 g/mol. The predicted octanol–water partition coefficient (Wildman–Crippen LogP) is 1.23. The maximum absolute atomic E-state index is 13.3. The number of carbonyl (C=O) groups excluding carboxylic acids is 1. The number of nitrogens with one attached hydrogen (secondary N) is 1. The van der Waals surface area contributed by atoms with Crippen LogP contribution in [0.2, 0.25) is 0 Å². The molecule has 1 atom stereocenters. The number of hydrogen-bond donors (Lipinski definition) is 2. The van der Waals surface area contributed by atoms with Crippen molar-refractivity contribution in [2.45, 2.75) is 25.8 Å². The second kappa shape index (κ2) is 6.96. The Hall–Kier alpha value is -1.62. The molecule has 1 aromatic carbocycles. The summed E-state index contributed by atoms with van der Waals surface area (Å²) in [6.07, 6.45) is 0.833. The molecule has 0 saturated heterocycles. The quantitative estimate of drug-likeness (QED) is 0.802. The predicted molar refractivity (Wildman–Crippen MR) is 67.9 cm³/mol. The van der Waals surface area contributed by atoms with Crippen molar-refractivity contribution in [2.75, 3.05) is 13.7 Å². The molecule has 0 aromatic heterocycles. The average molecular weight is 254 g/mol. The minimum absolute atomic E-state index is 0.0366. The lowest BCUT2D eigenvalue weighted by Gasteiger charge is -2.10. The third-order valence-electron chi connectivity index (χ3n) is 2.37. The molecular formula is C13H19FN2O2. The summed E-state index contributed by atoms with van der Waals surface area (Å²) in [5, 5.41) is 2.49. The summed E-state index contributed by atoms with van der Waals surface area (Å²) in [4.78, 5) is 11.0. The van der Waals surface area contributed by atoms with Gasteiger partial charge in [-0.25, -0.2) is 4.39 Å². The Morgan fingerprint density at radius 1 is 1.50 bits per heavy atom. The minimum atomic E-state index is -0.358. The van der Waals surface area contributed by atoms with Gasteiger partial charge in [-0.3, -0.25) is 4.79 Å². The van der Waals surface area contributed by atoms with Crippen LogP contribution in [0.4, 0.5) is 4.39 Å². The van der Waals surface area contributed by atoms with E-state index in [2.05, 4.69) is 5.32 Å². The lowest BCUT2D eigenvalue weighted by Crippen LogP contribution is -2.20. The highest BCUT2D eigenvalue weighted by molar-refractivity contribution is 5.75. The van der Waals surface area contributed by atoms with Crippen LogP contribution in [0.3, 0.4) is 0 Å². The van der Waals surface area contributed by atoms with E-state index in [4.69, 9.17) is 10.5 Å². The van der Waals surface area contributed by atoms with Gasteiger partial charge in [0.05, 0.1) is 13.0 Å². The standard InChI is InChI=1S/C13H19FN2O2/c1-9(15)5-10-6-11(14)8-12(7-10)18-4-3-13(17)16-2/h6-9H,3-5,15H2,1-2H3,(H,16,17). The Kier molecular flexibility index (Phi) is 5.58. The Balaban J connectivity index is 2.59. The Morgan fingerprint density at radius 3 is 2.83 bits per heavy atom. The van der Waals surface area contributed by atoms with E-state index in [1.54, 1.807) is 13.1 Å². The van der Waals surface area contributed by atoms with Crippen LogP contribution in [0.5, 0.6) is 5.75 Å². The topological polar surface area (TPSA) is 64.3 Å². The van der Waals surface area contributed by atoms with Gasteiger partial charge in [0.25, 0.3) is 0 Å². The largest absolute Gasteiger partial charge is 0.493 e. The van der Waals surface area contributed by atoms with Gasteiger partial charge in [-0.1, -0.05) is 0 Å². The lowest BCUT2D eigenvalue weighted by molar-refractivity contribution is -0.121. The fraction of sp³-hybridized carbons (Fsp3) is 0.462. The van der Waals surface area contributed by atoms with Crippen LogP contribution < -0.4 is 15.8 Å². The van der Waals surface area contributed by atoms with Crippen LogP contribution >= 0.6 is 0 Å². The van der Waals surface area contributed by atoms with Crippen LogP contribution in [-0.4, -0.2) is 25.6 Å². The van der Waals surface area contributed by atoms with Crippen molar-refractivity contribution in [2.24, 2.45) is 5.73 Å². The molecule has 0 saturated carbocycles. The van der Waals surface area contributed by atoms with E-state index in [1.807, 2.05) is 6.92 Å². The molecule has 100 valence electrons. The number of ether oxygens (including phenoxy) is 1. The summed E-state index contributed by atoms with van der Waals surface area (Å²) in [6, 6.07) is 4.45. The zero-order valence-electron chi connectivity index (χ0n) is 10.7. The summed E-state index contributed by atoms with van der Waals surface area (Å²) in [7, 11) is 1.56. The van der Waals surface area contributed by atoms with E-state index < -0.39 is 0 Å². The third-order valence-corrected chi connectivity index (χ3v) is 2.37. The van der Waals surface area contributed by atoms with Crippen molar-refractivity contribution >= 4 is 5.91 Å². The molecule has 0 aliphatic heterocycles. The van der Waals surface area contributed by atoms with E-state index in [9.17, 15) is 9.18 Å². The van der Waals surface area contributed by atoms with Gasteiger partial charge in [0, 0.05) is 19.2 Å². The normalized spacial score (nSPS) is 12.0. The molecule has 0 bridgehead atoms. The summed E-state index contributed by atoms with van der Waals surface area (Å²) in [5.74, 6) is -0.0418. The highest BCUT2D eigenvalue weighted by atomic mass is 19.1. The SMILES string of the molecule is CNC(=O)CCOc1cc(F)cc(CC(C)N)c1. The maximum Gasteiger partial charge on any atom is 0.223 e. The van der Waals surface area contributed by atoms with Crippen LogP contribution in [0, 0.1) is 5.82 Å². The Labute approximate surface area is 106 Å². The number of benzene rings is 1. The minimum Gasteiger partial charge on any atom is -0.493 e. The second-order valence-corrected chi connectivity index (χ2v) is 4.25. The van der Waals surface area contributed by atoms with Gasteiger partial charge < -0.3 is 15.8 Å². The maximum atomic E-state index is 13.3. The number of halogens is 1. The van der Waals surface area contributed by atoms with Crippen molar-refractivity contribution in [3.8, 4) is 5.75 Å². The van der Waals surface area contributed by atoms with Crippen LogP contribution in [-0.2, 0) is 11.2 Å². The van der Waals surface area contributed by atoms with E-state index in [-0.39, 0.29) is 30.8 Å². The Bertz CT molecular complexity index is 408. The van der Waals surface area contributed by atoms with Gasteiger partial charge in [-0.2, -0.15) is 0 Å². The molecule has 1 aromatic rings. The summed E-state index contributed by atoms with van der Waals surface area (Å²) < 4.78 is 18.7. The Morgan fingerprint density at radius 2 is 2.22 bits per heavy atom. The summed E-state index contributed by atoms with van der Waals surface area (Å²) in [6.45, 7) is 2.08. The molecule has 0 aliphatic carbocycles. The molecule has 0 spiro atoms. The first kappa shape index (κ1) is 14.4. The zero-order valence-corrected chi connectivity index (χ0v) is 10.7. The van der Waals surface area contributed by atoms with E-state index >= 15 is 0 Å². The average Bonchev–Trinajstić information content (AvgIpc) is 2.27. The molecule has 1 amide bonds. The van der Waals surface area contributed by atoms with Gasteiger partial charge in [0.15, 0.2) is 0 Å². The monoisotopic (exact) mass is 254 g/mol. The molecule has 5 heteroatoms. The molecule has 0 radical (unpaired) electrons. The first-order chi connectivity index (χ1) is 8.51. The lowest BCUT2D eigenvalue weighted by atomic mass is 10.1. The fourth-order valence-electron chi connectivity index (χ4n) is 1.58. The van der Waals surface area contributed by atoms with Gasteiger partial charge in [-0.15, -0.1) is 0 Å². The molecule has 1 unspecified atom stereocenters. The van der Waals surface area contributed by atoms with E-state index in [0.29, 0.717) is 12.2 Å². The van der Waals surface area contributed by atoms with E-state index in [0.717, 1.165) is 5.56 Å². The molecule has 0 aliphatic rings. The summed E-state index contributed by atoms with van der Waals surface area (Å²) >= 11 is 0. The van der Waals surface area contributed by atoms with Gasteiger partial charge in [0.2, 0.25) is 5.91 Å². The van der Waals surface area contributed by atoms with Gasteiger partial charge in [-0.05, 0) is 31.0 Å².